The summed E-state index contributed by atoms with van der Waals surface area (Å²) in [6.07, 6.45) is 3.31. The minimum absolute atomic E-state index is 0.218. The summed E-state index contributed by atoms with van der Waals surface area (Å²) in [5.41, 5.74) is 0.218. The standard InChI is InChI=1S/C10H21NOS/c1-10(2,3)11-8-5-6-12-7-9(8)13-4/h8-9,11H,5-7H2,1-4H3. The predicted octanol–water partition coefficient (Wildman–Crippen LogP) is 1.89. The Morgan fingerprint density at radius 1 is 1.38 bits per heavy atom. The van der Waals surface area contributed by atoms with Crippen LogP contribution in [0, 0.1) is 0 Å². The second kappa shape index (κ2) is 4.67. The zero-order valence-corrected chi connectivity index (χ0v) is 9.91. The van der Waals surface area contributed by atoms with E-state index in [0.717, 1.165) is 19.6 Å². The SMILES string of the molecule is CSC1COCCC1NC(C)(C)C. The van der Waals surface area contributed by atoms with E-state index in [2.05, 4.69) is 32.3 Å². The molecule has 0 radical (unpaired) electrons. The molecule has 0 spiro atoms. The van der Waals surface area contributed by atoms with E-state index >= 15 is 0 Å². The Morgan fingerprint density at radius 3 is 2.62 bits per heavy atom. The third-order valence-electron chi connectivity index (χ3n) is 2.23. The summed E-state index contributed by atoms with van der Waals surface area (Å²) in [6.45, 7) is 8.47. The molecule has 2 unspecified atom stereocenters. The molecule has 1 heterocycles. The molecule has 2 atom stereocenters. The van der Waals surface area contributed by atoms with Crippen molar-refractivity contribution in [2.75, 3.05) is 19.5 Å². The zero-order valence-electron chi connectivity index (χ0n) is 9.09. The fraction of sp³-hybridized carbons (Fsp3) is 1.00. The van der Waals surface area contributed by atoms with Crippen molar-refractivity contribution < 1.29 is 4.74 Å². The summed E-state index contributed by atoms with van der Waals surface area (Å²) in [4.78, 5) is 0. The van der Waals surface area contributed by atoms with Crippen LogP contribution in [-0.4, -0.2) is 36.3 Å². The van der Waals surface area contributed by atoms with Gasteiger partial charge >= 0.3 is 0 Å². The lowest BCUT2D eigenvalue weighted by molar-refractivity contribution is 0.0768. The molecule has 2 nitrogen and oxygen atoms in total. The normalized spacial score (nSPS) is 30.5. The molecule has 0 aromatic heterocycles. The van der Waals surface area contributed by atoms with Gasteiger partial charge in [-0.05, 0) is 33.4 Å². The van der Waals surface area contributed by atoms with Crippen molar-refractivity contribution in [3.05, 3.63) is 0 Å². The van der Waals surface area contributed by atoms with Crippen LogP contribution >= 0.6 is 11.8 Å². The summed E-state index contributed by atoms with van der Waals surface area (Å²) in [6, 6.07) is 0.615. The van der Waals surface area contributed by atoms with E-state index in [0.29, 0.717) is 11.3 Å². The largest absolute Gasteiger partial charge is 0.380 e. The summed E-state index contributed by atoms with van der Waals surface area (Å²) in [5, 5.41) is 4.28. The van der Waals surface area contributed by atoms with Gasteiger partial charge in [0.05, 0.1) is 6.61 Å². The van der Waals surface area contributed by atoms with Crippen LogP contribution in [0.3, 0.4) is 0 Å². The summed E-state index contributed by atoms with van der Waals surface area (Å²) in [7, 11) is 0. The van der Waals surface area contributed by atoms with Gasteiger partial charge in [-0.2, -0.15) is 11.8 Å². The molecule has 1 saturated heterocycles. The smallest absolute Gasteiger partial charge is 0.0600 e. The summed E-state index contributed by atoms with van der Waals surface area (Å²) in [5.74, 6) is 0. The highest BCUT2D eigenvalue weighted by Crippen LogP contribution is 2.20. The van der Waals surface area contributed by atoms with Crippen LogP contribution in [0.4, 0.5) is 0 Å². The van der Waals surface area contributed by atoms with Gasteiger partial charge in [-0.3, -0.25) is 0 Å². The van der Waals surface area contributed by atoms with Crippen molar-refractivity contribution in [2.24, 2.45) is 0 Å². The first kappa shape index (κ1) is 11.3. The van der Waals surface area contributed by atoms with Crippen LogP contribution in [0.25, 0.3) is 0 Å². The molecule has 1 rings (SSSR count). The lowest BCUT2D eigenvalue weighted by Gasteiger charge is -2.36. The topological polar surface area (TPSA) is 21.3 Å². The first-order valence-electron chi connectivity index (χ1n) is 4.91. The number of hydrogen-bond acceptors (Lipinski definition) is 3. The third-order valence-corrected chi connectivity index (χ3v) is 3.30. The molecule has 0 bridgehead atoms. The fourth-order valence-corrected chi connectivity index (χ4v) is 2.43. The zero-order chi connectivity index (χ0) is 9.90. The van der Waals surface area contributed by atoms with Crippen LogP contribution in [0.5, 0.6) is 0 Å². The number of rotatable bonds is 2. The maximum absolute atomic E-state index is 5.46. The van der Waals surface area contributed by atoms with E-state index in [1.807, 2.05) is 11.8 Å². The van der Waals surface area contributed by atoms with Crippen molar-refractivity contribution >= 4 is 11.8 Å². The van der Waals surface area contributed by atoms with Gasteiger partial charge in [-0.1, -0.05) is 0 Å². The summed E-state index contributed by atoms with van der Waals surface area (Å²) < 4.78 is 5.46. The Morgan fingerprint density at radius 2 is 2.08 bits per heavy atom. The molecule has 0 saturated carbocycles. The molecule has 0 aromatic carbocycles. The van der Waals surface area contributed by atoms with Crippen LogP contribution in [0.2, 0.25) is 0 Å². The third kappa shape index (κ3) is 3.88. The molecule has 0 amide bonds. The highest BCUT2D eigenvalue weighted by molar-refractivity contribution is 7.99. The molecule has 1 aliphatic rings. The number of thioether (sulfide) groups is 1. The van der Waals surface area contributed by atoms with Crippen LogP contribution < -0.4 is 5.32 Å². The maximum Gasteiger partial charge on any atom is 0.0600 e. The number of nitrogens with one attached hydrogen (secondary N) is 1. The second-order valence-corrected chi connectivity index (χ2v) is 5.72. The average Bonchev–Trinajstić information content (AvgIpc) is 2.02. The number of ether oxygens (including phenoxy) is 1. The van der Waals surface area contributed by atoms with Crippen LogP contribution in [-0.2, 0) is 4.74 Å². The van der Waals surface area contributed by atoms with Crippen molar-refractivity contribution in [1.82, 2.24) is 5.32 Å². The molecule has 1 N–H and O–H groups in total. The Labute approximate surface area is 85.8 Å². The first-order chi connectivity index (χ1) is 6.03. The van der Waals surface area contributed by atoms with E-state index < -0.39 is 0 Å². The molecule has 3 heteroatoms. The Hall–Kier alpha value is 0.270. The molecular weight excluding hydrogens is 182 g/mol. The lowest BCUT2D eigenvalue weighted by atomic mass is 10.0. The molecule has 0 aliphatic carbocycles. The van der Waals surface area contributed by atoms with Crippen molar-refractivity contribution in [2.45, 2.75) is 44.0 Å². The Bertz CT molecular complexity index is 155. The van der Waals surface area contributed by atoms with Gasteiger partial charge in [0, 0.05) is 23.4 Å². The number of hydrogen-bond donors (Lipinski definition) is 1. The Kier molecular flexibility index (Phi) is 4.07. The highest BCUT2D eigenvalue weighted by atomic mass is 32.2. The van der Waals surface area contributed by atoms with Gasteiger partial charge < -0.3 is 10.1 Å². The Balaban J connectivity index is 2.45. The highest BCUT2D eigenvalue weighted by Gasteiger charge is 2.27. The van der Waals surface area contributed by atoms with Crippen molar-refractivity contribution in [3.8, 4) is 0 Å². The second-order valence-electron chi connectivity index (χ2n) is 4.64. The maximum atomic E-state index is 5.46. The average molecular weight is 203 g/mol. The van der Waals surface area contributed by atoms with Gasteiger partial charge in [-0.15, -0.1) is 0 Å². The molecule has 1 fully saturated rings. The van der Waals surface area contributed by atoms with Crippen molar-refractivity contribution in [3.63, 3.8) is 0 Å². The van der Waals surface area contributed by atoms with Gasteiger partial charge in [-0.25, -0.2) is 0 Å². The molecule has 0 aromatic rings. The van der Waals surface area contributed by atoms with Crippen LogP contribution in [0.1, 0.15) is 27.2 Å². The molecular formula is C10H21NOS. The van der Waals surface area contributed by atoms with Crippen LogP contribution in [0.15, 0.2) is 0 Å². The van der Waals surface area contributed by atoms with E-state index in [4.69, 9.17) is 4.74 Å². The van der Waals surface area contributed by atoms with E-state index in [9.17, 15) is 0 Å². The predicted molar refractivity (Wildman–Crippen MR) is 59.4 cm³/mol. The summed E-state index contributed by atoms with van der Waals surface area (Å²) >= 11 is 1.91. The van der Waals surface area contributed by atoms with Crippen molar-refractivity contribution in [1.29, 1.82) is 0 Å². The minimum atomic E-state index is 0.218. The fourth-order valence-electron chi connectivity index (χ4n) is 1.67. The van der Waals surface area contributed by atoms with E-state index in [1.165, 1.54) is 0 Å². The molecule has 13 heavy (non-hydrogen) atoms. The quantitative estimate of drug-likeness (QED) is 0.740. The lowest BCUT2D eigenvalue weighted by Crippen LogP contribution is -2.52. The van der Waals surface area contributed by atoms with Gasteiger partial charge in [0.1, 0.15) is 0 Å². The van der Waals surface area contributed by atoms with Gasteiger partial charge in [0.2, 0.25) is 0 Å². The van der Waals surface area contributed by atoms with Gasteiger partial charge in [0.15, 0.2) is 0 Å². The molecule has 78 valence electrons. The van der Waals surface area contributed by atoms with E-state index in [-0.39, 0.29) is 5.54 Å². The van der Waals surface area contributed by atoms with E-state index in [1.54, 1.807) is 0 Å². The molecule has 1 aliphatic heterocycles. The minimum Gasteiger partial charge on any atom is -0.380 e. The van der Waals surface area contributed by atoms with Gasteiger partial charge in [0.25, 0.3) is 0 Å². The first-order valence-corrected chi connectivity index (χ1v) is 6.20. The monoisotopic (exact) mass is 203 g/mol.